The monoisotopic (exact) mass is 361 g/mol. The molecule has 3 saturated heterocycles. The smallest absolute Gasteiger partial charge is 0.321 e. The van der Waals surface area contributed by atoms with E-state index in [1.165, 1.54) is 6.07 Å². The van der Waals surface area contributed by atoms with Gasteiger partial charge in [0.15, 0.2) is 0 Å². The Hall–Kier alpha value is -1.66. The number of hydrogen-bond acceptors (Lipinski definition) is 3. The van der Waals surface area contributed by atoms with E-state index in [1.807, 2.05) is 22.8 Å². The summed E-state index contributed by atoms with van der Waals surface area (Å²) in [4.78, 5) is 17.3. The Morgan fingerprint density at radius 1 is 1.12 bits per heavy atom. The predicted molar refractivity (Wildman–Crippen MR) is 97.6 cm³/mol. The molecule has 0 bridgehead atoms. The van der Waals surface area contributed by atoms with Crippen LogP contribution in [0.5, 0.6) is 0 Å². The third-order valence-corrected chi connectivity index (χ3v) is 6.02. The maximum Gasteiger partial charge on any atom is 0.321 e. The molecule has 3 aliphatic rings. The molecule has 0 saturated carbocycles. The number of urea groups is 1. The van der Waals surface area contributed by atoms with Gasteiger partial charge in [0, 0.05) is 37.4 Å². The van der Waals surface area contributed by atoms with Crippen LogP contribution in [0.1, 0.15) is 42.9 Å². The van der Waals surface area contributed by atoms with Crippen LogP contribution in [-0.2, 0) is 4.74 Å². The van der Waals surface area contributed by atoms with Crippen molar-refractivity contribution < 1.29 is 13.9 Å². The fourth-order valence-corrected chi connectivity index (χ4v) is 4.60. The fourth-order valence-electron chi connectivity index (χ4n) is 4.60. The van der Waals surface area contributed by atoms with Crippen molar-refractivity contribution >= 4 is 6.03 Å². The topological polar surface area (TPSA) is 44.8 Å². The number of carbonyl (C=O) groups excluding carboxylic acids is 1. The molecule has 1 aromatic carbocycles. The molecule has 0 aromatic heterocycles. The van der Waals surface area contributed by atoms with Crippen LogP contribution in [0.25, 0.3) is 0 Å². The molecule has 6 heteroatoms. The van der Waals surface area contributed by atoms with E-state index in [-0.39, 0.29) is 30.0 Å². The van der Waals surface area contributed by atoms with Crippen LogP contribution < -0.4 is 5.32 Å². The molecule has 1 atom stereocenters. The van der Waals surface area contributed by atoms with Crippen LogP contribution in [0.2, 0.25) is 0 Å². The maximum atomic E-state index is 14.7. The second-order valence-corrected chi connectivity index (χ2v) is 7.71. The van der Waals surface area contributed by atoms with Gasteiger partial charge in [0.05, 0.1) is 6.04 Å². The second-order valence-electron chi connectivity index (χ2n) is 7.71. The molecule has 0 spiro atoms. The van der Waals surface area contributed by atoms with E-state index < -0.39 is 0 Å². The fraction of sp³-hybridized carbons (Fsp3) is 0.650. The van der Waals surface area contributed by atoms with E-state index >= 15 is 0 Å². The zero-order valence-corrected chi connectivity index (χ0v) is 15.4. The number of ether oxygens (including phenoxy) is 1. The summed E-state index contributed by atoms with van der Waals surface area (Å²) in [7, 11) is 0. The predicted octanol–water partition coefficient (Wildman–Crippen LogP) is 2.84. The first-order valence-corrected chi connectivity index (χ1v) is 9.78. The van der Waals surface area contributed by atoms with Crippen molar-refractivity contribution in [3.63, 3.8) is 0 Å². The number of halogens is 1. The summed E-state index contributed by atoms with van der Waals surface area (Å²) in [6, 6.07) is 5.50. The molecular formula is C20H28FN3O2. The van der Waals surface area contributed by atoms with E-state index in [4.69, 9.17) is 4.74 Å². The molecule has 26 heavy (non-hydrogen) atoms. The third kappa shape index (κ3) is 3.32. The van der Waals surface area contributed by atoms with Gasteiger partial charge in [-0.2, -0.15) is 0 Å². The van der Waals surface area contributed by atoms with Crippen LogP contribution >= 0.6 is 0 Å². The number of amides is 2. The normalized spacial score (nSPS) is 25.9. The van der Waals surface area contributed by atoms with Gasteiger partial charge in [-0.15, -0.1) is 0 Å². The summed E-state index contributed by atoms with van der Waals surface area (Å²) < 4.78 is 20.1. The van der Waals surface area contributed by atoms with Crippen molar-refractivity contribution in [1.29, 1.82) is 0 Å². The number of rotatable bonds is 3. The van der Waals surface area contributed by atoms with Gasteiger partial charge >= 0.3 is 6.03 Å². The summed E-state index contributed by atoms with van der Waals surface area (Å²) in [6.45, 7) is 5.78. The Labute approximate surface area is 154 Å². The summed E-state index contributed by atoms with van der Waals surface area (Å²) in [5, 5.41) is 3.36. The number of carbonyl (C=O) groups is 1. The lowest BCUT2D eigenvalue weighted by Gasteiger charge is -2.36. The minimum absolute atomic E-state index is 0.0784. The van der Waals surface area contributed by atoms with Gasteiger partial charge in [-0.3, -0.25) is 0 Å². The Balaban J connectivity index is 1.66. The van der Waals surface area contributed by atoms with Crippen molar-refractivity contribution in [3.8, 4) is 0 Å². The van der Waals surface area contributed by atoms with Crippen molar-refractivity contribution in [2.45, 2.75) is 50.7 Å². The highest BCUT2D eigenvalue weighted by atomic mass is 19.1. The summed E-state index contributed by atoms with van der Waals surface area (Å²) >= 11 is 0. The second kappa shape index (κ2) is 7.53. The largest absolute Gasteiger partial charge is 0.381 e. The number of nitrogens with one attached hydrogen (secondary N) is 1. The zero-order chi connectivity index (χ0) is 18.1. The molecular weight excluding hydrogens is 333 g/mol. The maximum absolute atomic E-state index is 14.7. The number of piperidine rings is 1. The molecule has 5 nitrogen and oxygen atoms in total. The quantitative estimate of drug-likeness (QED) is 0.900. The minimum Gasteiger partial charge on any atom is -0.381 e. The highest BCUT2D eigenvalue weighted by Gasteiger charge is 2.45. The lowest BCUT2D eigenvalue weighted by Crippen LogP contribution is -2.48. The third-order valence-electron chi connectivity index (χ3n) is 6.02. The van der Waals surface area contributed by atoms with Crippen molar-refractivity contribution in [2.24, 2.45) is 0 Å². The van der Waals surface area contributed by atoms with E-state index in [1.54, 1.807) is 6.07 Å². The number of aryl methyl sites for hydroxylation is 1. The van der Waals surface area contributed by atoms with Gasteiger partial charge in [0.25, 0.3) is 0 Å². The molecule has 0 radical (unpaired) electrons. The molecule has 1 N–H and O–H groups in total. The number of nitrogens with zero attached hydrogens (tertiary/aromatic N) is 2. The van der Waals surface area contributed by atoms with E-state index in [0.29, 0.717) is 25.3 Å². The first kappa shape index (κ1) is 17.7. The first-order valence-electron chi connectivity index (χ1n) is 9.78. The van der Waals surface area contributed by atoms with Gasteiger partial charge in [0.1, 0.15) is 5.82 Å². The molecule has 142 valence electrons. The molecule has 0 unspecified atom stereocenters. The SMILES string of the molecule is Cc1ccc(F)c([C@@H]2CN(C3CCOCC3)C(=O)N2C2CCNCC2)c1. The Morgan fingerprint density at radius 2 is 1.85 bits per heavy atom. The molecule has 3 fully saturated rings. The van der Waals surface area contributed by atoms with Crippen LogP contribution in [0.4, 0.5) is 9.18 Å². The molecule has 4 rings (SSSR count). The molecule has 2 amide bonds. The van der Waals surface area contributed by atoms with Gasteiger partial charge in [-0.1, -0.05) is 17.7 Å². The van der Waals surface area contributed by atoms with Crippen molar-refractivity contribution in [3.05, 3.63) is 35.1 Å². The highest BCUT2D eigenvalue weighted by molar-refractivity contribution is 5.78. The van der Waals surface area contributed by atoms with Gasteiger partial charge in [0.2, 0.25) is 0 Å². The van der Waals surface area contributed by atoms with Crippen molar-refractivity contribution in [2.75, 3.05) is 32.8 Å². The highest BCUT2D eigenvalue weighted by Crippen LogP contribution is 2.37. The zero-order valence-electron chi connectivity index (χ0n) is 15.4. The number of benzene rings is 1. The molecule has 3 aliphatic heterocycles. The average Bonchev–Trinajstić information content (AvgIpc) is 3.02. The average molecular weight is 361 g/mol. The molecule has 0 aliphatic carbocycles. The summed E-state index contributed by atoms with van der Waals surface area (Å²) in [5.41, 5.74) is 1.69. The van der Waals surface area contributed by atoms with Crippen molar-refractivity contribution in [1.82, 2.24) is 15.1 Å². The molecule has 3 heterocycles. The molecule has 1 aromatic rings. The summed E-state index contributed by atoms with van der Waals surface area (Å²) in [5.74, 6) is -0.207. The van der Waals surface area contributed by atoms with Gasteiger partial charge in [-0.05, 0) is 51.8 Å². The Bertz CT molecular complexity index is 656. The van der Waals surface area contributed by atoms with Gasteiger partial charge in [-0.25, -0.2) is 9.18 Å². The lowest BCUT2D eigenvalue weighted by atomic mass is 9.98. The van der Waals surface area contributed by atoms with Gasteiger partial charge < -0.3 is 19.9 Å². The minimum atomic E-state index is -0.207. The standard InChI is InChI=1S/C20H28FN3O2/c1-14-2-3-18(21)17(12-14)19-13-23(15-6-10-26-11-7-15)20(25)24(19)16-4-8-22-9-5-16/h2-3,12,15-16,19,22H,4-11,13H2,1H3/t19-/m0/s1. The Morgan fingerprint density at radius 3 is 2.58 bits per heavy atom. The van der Waals surface area contributed by atoms with E-state index in [0.717, 1.165) is 44.3 Å². The van der Waals surface area contributed by atoms with Crippen LogP contribution in [0.3, 0.4) is 0 Å². The summed E-state index contributed by atoms with van der Waals surface area (Å²) in [6.07, 6.45) is 3.60. The van der Waals surface area contributed by atoms with Crippen LogP contribution in [-0.4, -0.2) is 60.8 Å². The first-order chi connectivity index (χ1) is 12.6. The van der Waals surface area contributed by atoms with Crippen LogP contribution in [0, 0.1) is 12.7 Å². The Kier molecular flexibility index (Phi) is 5.14. The van der Waals surface area contributed by atoms with E-state index in [9.17, 15) is 9.18 Å². The van der Waals surface area contributed by atoms with Crippen LogP contribution in [0.15, 0.2) is 18.2 Å². The lowest BCUT2D eigenvalue weighted by molar-refractivity contribution is 0.0498. The van der Waals surface area contributed by atoms with E-state index in [2.05, 4.69) is 5.32 Å². The number of hydrogen-bond donors (Lipinski definition) is 1.